The SMILES string of the molecule is CCOc1ccc(COc2ccc(C(=O)NN)cc2Cl)cc1. The summed E-state index contributed by atoms with van der Waals surface area (Å²) in [6.45, 7) is 2.94. The molecular formula is C16H17ClN2O3. The third-order valence-electron chi connectivity index (χ3n) is 2.95. The Morgan fingerprint density at radius 3 is 2.50 bits per heavy atom. The van der Waals surface area contributed by atoms with Crippen LogP contribution in [-0.2, 0) is 6.61 Å². The van der Waals surface area contributed by atoms with E-state index < -0.39 is 5.91 Å². The van der Waals surface area contributed by atoms with Crippen molar-refractivity contribution < 1.29 is 14.3 Å². The Bertz CT molecular complexity index is 644. The van der Waals surface area contributed by atoms with Gasteiger partial charge in [0.1, 0.15) is 18.1 Å². The van der Waals surface area contributed by atoms with Crippen LogP contribution in [0.15, 0.2) is 42.5 Å². The average molecular weight is 321 g/mol. The van der Waals surface area contributed by atoms with Gasteiger partial charge in [0.25, 0.3) is 5.91 Å². The number of nitrogens with one attached hydrogen (secondary N) is 1. The van der Waals surface area contributed by atoms with E-state index in [1.807, 2.05) is 31.2 Å². The van der Waals surface area contributed by atoms with Crippen LogP contribution in [0.3, 0.4) is 0 Å². The Labute approximate surface area is 134 Å². The van der Waals surface area contributed by atoms with Crippen molar-refractivity contribution in [1.82, 2.24) is 5.43 Å². The summed E-state index contributed by atoms with van der Waals surface area (Å²) in [4.78, 5) is 11.4. The summed E-state index contributed by atoms with van der Waals surface area (Å²) in [5, 5.41) is 0.354. The van der Waals surface area contributed by atoms with Crippen molar-refractivity contribution in [2.45, 2.75) is 13.5 Å². The zero-order valence-corrected chi connectivity index (χ0v) is 12.9. The highest BCUT2D eigenvalue weighted by Crippen LogP contribution is 2.26. The molecule has 0 atom stereocenters. The van der Waals surface area contributed by atoms with Crippen LogP contribution in [0.5, 0.6) is 11.5 Å². The van der Waals surface area contributed by atoms with Crippen molar-refractivity contribution in [2.75, 3.05) is 6.61 Å². The van der Waals surface area contributed by atoms with E-state index in [-0.39, 0.29) is 0 Å². The van der Waals surface area contributed by atoms with E-state index in [1.54, 1.807) is 12.1 Å². The molecule has 3 N–H and O–H groups in total. The number of carbonyl (C=O) groups excluding carboxylic acids is 1. The second kappa shape index (κ2) is 7.68. The first-order chi connectivity index (χ1) is 10.6. The van der Waals surface area contributed by atoms with Crippen LogP contribution in [0.1, 0.15) is 22.8 Å². The second-order valence-electron chi connectivity index (χ2n) is 4.48. The lowest BCUT2D eigenvalue weighted by atomic mass is 10.2. The lowest BCUT2D eigenvalue weighted by Crippen LogP contribution is -2.29. The van der Waals surface area contributed by atoms with Crippen LogP contribution in [0, 0.1) is 0 Å². The van der Waals surface area contributed by atoms with Gasteiger partial charge in [0.05, 0.1) is 11.6 Å². The lowest BCUT2D eigenvalue weighted by molar-refractivity contribution is 0.0953. The van der Waals surface area contributed by atoms with Crippen molar-refractivity contribution in [3.05, 3.63) is 58.6 Å². The van der Waals surface area contributed by atoms with Gasteiger partial charge in [0, 0.05) is 5.56 Å². The number of hydrogen-bond acceptors (Lipinski definition) is 4. The molecule has 0 bridgehead atoms. The molecule has 2 rings (SSSR count). The molecule has 0 spiro atoms. The molecule has 0 fully saturated rings. The first kappa shape index (κ1) is 16.1. The minimum atomic E-state index is -0.403. The molecule has 0 aliphatic heterocycles. The number of amides is 1. The van der Waals surface area contributed by atoms with Crippen LogP contribution in [-0.4, -0.2) is 12.5 Å². The zero-order valence-electron chi connectivity index (χ0n) is 12.1. The van der Waals surface area contributed by atoms with E-state index in [2.05, 4.69) is 5.43 Å². The van der Waals surface area contributed by atoms with Gasteiger partial charge < -0.3 is 9.47 Å². The van der Waals surface area contributed by atoms with Crippen LogP contribution in [0.25, 0.3) is 0 Å². The monoisotopic (exact) mass is 320 g/mol. The summed E-state index contributed by atoms with van der Waals surface area (Å²) >= 11 is 6.10. The number of ether oxygens (including phenoxy) is 2. The molecule has 1 amide bonds. The number of rotatable bonds is 6. The summed E-state index contributed by atoms with van der Waals surface area (Å²) in [6.07, 6.45) is 0. The fourth-order valence-electron chi connectivity index (χ4n) is 1.85. The maximum absolute atomic E-state index is 11.4. The predicted octanol–water partition coefficient (Wildman–Crippen LogP) is 2.92. The zero-order chi connectivity index (χ0) is 15.9. The van der Waals surface area contributed by atoms with Gasteiger partial charge in [0.15, 0.2) is 0 Å². The van der Waals surface area contributed by atoms with Gasteiger partial charge in [-0.3, -0.25) is 10.2 Å². The number of hydrogen-bond donors (Lipinski definition) is 2. The van der Waals surface area contributed by atoms with E-state index in [4.69, 9.17) is 26.9 Å². The molecule has 0 unspecified atom stereocenters. The van der Waals surface area contributed by atoms with Crippen molar-refractivity contribution in [1.29, 1.82) is 0 Å². The molecule has 116 valence electrons. The number of carbonyl (C=O) groups is 1. The minimum absolute atomic E-state index is 0.354. The summed E-state index contributed by atoms with van der Waals surface area (Å²) in [5.74, 6) is 6.00. The highest BCUT2D eigenvalue weighted by Gasteiger charge is 2.08. The molecule has 0 radical (unpaired) electrons. The molecule has 0 aromatic heterocycles. The van der Waals surface area contributed by atoms with Crippen LogP contribution in [0.2, 0.25) is 5.02 Å². The van der Waals surface area contributed by atoms with Gasteiger partial charge in [0.2, 0.25) is 0 Å². The summed E-state index contributed by atoms with van der Waals surface area (Å²) < 4.78 is 11.0. The topological polar surface area (TPSA) is 73.6 Å². The van der Waals surface area contributed by atoms with E-state index >= 15 is 0 Å². The van der Waals surface area contributed by atoms with Gasteiger partial charge >= 0.3 is 0 Å². The molecule has 2 aromatic rings. The first-order valence-corrected chi connectivity index (χ1v) is 7.17. The number of nitrogens with two attached hydrogens (primary N) is 1. The van der Waals surface area contributed by atoms with Crippen LogP contribution >= 0.6 is 11.6 Å². The standard InChI is InChI=1S/C16H17ClN2O3/c1-2-21-13-6-3-11(4-7-13)10-22-15-8-5-12(9-14(15)17)16(20)19-18/h3-9H,2,10,18H2,1H3,(H,19,20). The van der Waals surface area contributed by atoms with E-state index in [0.29, 0.717) is 29.5 Å². The molecule has 0 saturated carbocycles. The Kier molecular flexibility index (Phi) is 5.63. The minimum Gasteiger partial charge on any atom is -0.494 e. The Morgan fingerprint density at radius 1 is 1.18 bits per heavy atom. The Morgan fingerprint density at radius 2 is 1.91 bits per heavy atom. The molecule has 0 aliphatic rings. The van der Waals surface area contributed by atoms with Crippen LogP contribution in [0.4, 0.5) is 0 Å². The van der Waals surface area contributed by atoms with Gasteiger partial charge in [-0.25, -0.2) is 5.84 Å². The quantitative estimate of drug-likeness (QED) is 0.487. The van der Waals surface area contributed by atoms with Crippen molar-refractivity contribution in [2.24, 2.45) is 5.84 Å². The molecule has 0 heterocycles. The van der Waals surface area contributed by atoms with E-state index in [1.165, 1.54) is 6.07 Å². The maximum Gasteiger partial charge on any atom is 0.265 e. The fraction of sp³-hybridized carbons (Fsp3) is 0.188. The van der Waals surface area contributed by atoms with Gasteiger partial charge in [-0.15, -0.1) is 0 Å². The van der Waals surface area contributed by atoms with E-state index in [9.17, 15) is 4.79 Å². The largest absolute Gasteiger partial charge is 0.494 e. The summed E-state index contributed by atoms with van der Waals surface area (Å²) in [7, 11) is 0. The third kappa shape index (κ3) is 4.13. The Hall–Kier alpha value is -2.24. The predicted molar refractivity (Wildman–Crippen MR) is 85.0 cm³/mol. The lowest BCUT2D eigenvalue weighted by Gasteiger charge is -2.10. The van der Waals surface area contributed by atoms with Gasteiger partial charge in [-0.05, 0) is 42.8 Å². The normalized spacial score (nSPS) is 10.1. The summed E-state index contributed by atoms with van der Waals surface area (Å²) in [6, 6.07) is 12.4. The molecular weight excluding hydrogens is 304 g/mol. The van der Waals surface area contributed by atoms with Gasteiger partial charge in [-0.1, -0.05) is 23.7 Å². The molecule has 5 nitrogen and oxygen atoms in total. The molecule has 22 heavy (non-hydrogen) atoms. The molecule has 0 saturated heterocycles. The molecule has 6 heteroatoms. The third-order valence-corrected chi connectivity index (χ3v) is 3.25. The highest BCUT2D eigenvalue weighted by atomic mass is 35.5. The van der Waals surface area contributed by atoms with Crippen LogP contribution < -0.4 is 20.7 Å². The van der Waals surface area contributed by atoms with E-state index in [0.717, 1.165) is 11.3 Å². The van der Waals surface area contributed by atoms with Gasteiger partial charge in [-0.2, -0.15) is 0 Å². The number of nitrogen functional groups attached to an aromatic ring is 1. The smallest absolute Gasteiger partial charge is 0.265 e. The van der Waals surface area contributed by atoms with Crippen molar-refractivity contribution in [3.63, 3.8) is 0 Å². The molecule has 0 aliphatic carbocycles. The number of hydrazine groups is 1. The summed E-state index contributed by atoms with van der Waals surface area (Å²) in [5.41, 5.74) is 3.42. The number of halogens is 1. The Balaban J connectivity index is 2.00. The average Bonchev–Trinajstić information content (AvgIpc) is 2.54. The van der Waals surface area contributed by atoms with Crippen molar-refractivity contribution in [3.8, 4) is 11.5 Å². The first-order valence-electron chi connectivity index (χ1n) is 6.79. The fourth-order valence-corrected chi connectivity index (χ4v) is 2.09. The number of benzene rings is 2. The second-order valence-corrected chi connectivity index (χ2v) is 4.89. The highest BCUT2D eigenvalue weighted by molar-refractivity contribution is 6.32. The maximum atomic E-state index is 11.4. The molecule has 2 aromatic carbocycles. The van der Waals surface area contributed by atoms with Crippen molar-refractivity contribution >= 4 is 17.5 Å².